The predicted molar refractivity (Wildman–Crippen MR) is 95.1 cm³/mol. The number of carbonyl (C=O) groups is 1. The summed E-state index contributed by atoms with van der Waals surface area (Å²) in [6.45, 7) is 6.90. The second-order valence-corrected chi connectivity index (χ2v) is 8.90. The Labute approximate surface area is 149 Å². The molecule has 0 saturated carbocycles. The molecule has 0 spiro atoms. The maximum atomic E-state index is 13.0. The van der Waals surface area contributed by atoms with Crippen molar-refractivity contribution in [3.8, 4) is 0 Å². The fourth-order valence-electron chi connectivity index (χ4n) is 3.49. The largest absolute Gasteiger partial charge is 0.379 e. The number of morpholine rings is 1. The Morgan fingerprint density at radius 2 is 1.92 bits per heavy atom. The molecule has 2 heterocycles. The summed E-state index contributed by atoms with van der Waals surface area (Å²) >= 11 is 0. The summed E-state index contributed by atoms with van der Waals surface area (Å²) < 4.78 is 32.6. The average molecular weight is 366 g/mol. The van der Waals surface area contributed by atoms with Crippen LogP contribution in [-0.2, 0) is 14.8 Å². The zero-order valence-corrected chi connectivity index (χ0v) is 15.7. The van der Waals surface area contributed by atoms with Crippen LogP contribution in [0.15, 0.2) is 23.1 Å². The summed E-state index contributed by atoms with van der Waals surface area (Å²) in [5.41, 5.74) is 1.11. The Kier molecular flexibility index (Phi) is 5.46. The minimum atomic E-state index is -3.61. The smallest absolute Gasteiger partial charge is 0.253 e. The summed E-state index contributed by atoms with van der Waals surface area (Å²) in [5.74, 6) is 0.407. The van der Waals surface area contributed by atoms with Gasteiger partial charge in [-0.25, -0.2) is 8.42 Å². The monoisotopic (exact) mass is 366 g/mol. The second kappa shape index (κ2) is 7.43. The number of hydrogen-bond donors (Lipinski definition) is 0. The van der Waals surface area contributed by atoms with Gasteiger partial charge in [0.1, 0.15) is 0 Å². The van der Waals surface area contributed by atoms with Gasteiger partial charge in [-0.1, -0.05) is 13.0 Å². The van der Waals surface area contributed by atoms with Crippen molar-refractivity contribution in [2.45, 2.75) is 31.6 Å². The first kappa shape index (κ1) is 18.4. The van der Waals surface area contributed by atoms with Gasteiger partial charge in [0, 0.05) is 31.7 Å². The summed E-state index contributed by atoms with van der Waals surface area (Å²) in [6.07, 6.45) is 2.13. The lowest BCUT2D eigenvalue weighted by Gasteiger charge is -2.31. The molecule has 138 valence electrons. The quantitative estimate of drug-likeness (QED) is 0.819. The van der Waals surface area contributed by atoms with Crippen LogP contribution in [0.5, 0.6) is 0 Å². The lowest BCUT2D eigenvalue weighted by molar-refractivity contribution is 0.0682. The summed E-state index contributed by atoms with van der Waals surface area (Å²) in [6, 6.07) is 5.00. The normalized spacial score (nSPS) is 22.8. The van der Waals surface area contributed by atoms with Crippen molar-refractivity contribution in [3.05, 3.63) is 29.3 Å². The van der Waals surface area contributed by atoms with Crippen LogP contribution in [0.1, 0.15) is 35.7 Å². The first-order valence-corrected chi connectivity index (χ1v) is 10.3. The number of hydrogen-bond acceptors (Lipinski definition) is 4. The minimum absolute atomic E-state index is 0.0787. The van der Waals surface area contributed by atoms with E-state index in [-0.39, 0.29) is 10.8 Å². The van der Waals surface area contributed by atoms with Crippen LogP contribution in [0.2, 0.25) is 0 Å². The molecule has 0 radical (unpaired) electrons. The van der Waals surface area contributed by atoms with E-state index in [1.807, 2.05) is 4.90 Å². The SMILES string of the molecule is Cc1ccc(C(=O)N2CCCC(C)C2)cc1S(=O)(=O)N1CCOCC1. The van der Waals surface area contributed by atoms with Crippen molar-refractivity contribution in [1.82, 2.24) is 9.21 Å². The number of nitrogens with zero attached hydrogens (tertiary/aromatic N) is 2. The third-order valence-electron chi connectivity index (χ3n) is 4.97. The molecule has 1 amide bonds. The van der Waals surface area contributed by atoms with Crippen molar-refractivity contribution in [2.24, 2.45) is 5.92 Å². The molecule has 25 heavy (non-hydrogen) atoms. The molecular formula is C18H26N2O4S. The van der Waals surface area contributed by atoms with Crippen LogP contribution in [0.3, 0.4) is 0 Å². The van der Waals surface area contributed by atoms with Gasteiger partial charge in [0.25, 0.3) is 5.91 Å². The highest BCUT2D eigenvalue weighted by Gasteiger charge is 2.29. The molecule has 7 heteroatoms. The average Bonchev–Trinajstić information content (AvgIpc) is 2.62. The highest BCUT2D eigenvalue weighted by molar-refractivity contribution is 7.89. The van der Waals surface area contributed by atoms with Gasteiger partial charge in [-0.3, -0.25) is 4.79 Å². The van der Waals surface area contributed by atoms with Gasteiger partial charge in [-0.2, -0.15) is 4.31 Å². The minimum Gasteiger partial charge on any atom is -0.379 e. The molecule has 1 atom stereocenters. The molecule has 0 bridgehead atoms. The molecule has 1 aromatic carbocycles. The van der Waals surface area contributed by atoms with Gasteiger partial charge in [-0.05, 0) is 43.4 Å². The molecule has 2 aliphatic rings. The molecular weight excluding hydrogens is 340 g/mol. The molecule has 0 aromatic heterocycles. The van der Waals surface area contributed by atoms with E-state index >= 15 is 0 Å². The van der Waals surface area contributed by atoms with E-state index in [2.05, 4.69) is 6.92 Å². The predicted octanol–water partition coefficient (Wildman–Crippen LogP) is 1.89. The van der Waals surface area contributed by atoms with Crippen molar-refractivity contribution in [1.29, 1.82) is 0 Å². The Morgan fingerprint density at radius 3 is 2.60 bits per heavy atom. The molecule has 1 aromatic rings. The van der Waals surface area contributed by atoms with E-state index in [1.54, 1.807) is 25.1 Å². The van der Waals surface area contributed by atoms with E-state index in [1.165, 1.54) is 4.31 Å². The van der Waals surface area contributed by atoms with Crippen molar-refractivity contribution in [3.63, 3.8) is 0 Å². The van der Waals surface area contributed by atoms with Crippen LogP contribution in [0.25, 0.3) is 0 Å². The molecule has 1 unspecified atom stereocenters. The zero-order chi connectivity index (χ0) is 18.0. The Hall–Kier alpha value is -1.44. The van der Waals surface area contributed by atoms with Crippen molar-refractivity contribution < 1.29 is 17.9 Å². The fourth-order valence-corrected chi connectivity index (χ4v) is 5.15. The molecule has 2 saturated heterocycles. The van der Waals surface area contributed by atoms with Gasteiger partial charge in [0.05, 0.1) is 18.1 Å². The number of aryl methyl sites for hydroxylation is 1. The fraction of sp³-hybridized carbons (Fsp3) is 0.611. The summed E-state index contributed by atoms with van der Waals surface area (Å²) in [4.78, 5) is 14.9. The number of piperidine rings is 1. The van der Waals surface area contributed by atoms with E-state index in [4.69, 9.17) is 4.74 Å². The summed E-state index contributed by atoms with van der Waals surface area (Å²) in [5, 5.41) is 0. The highest BCUT2D eigenvalue weighted by Crippen LogP contribution is 2.24. The molecule has 0 N–H and O–H groups in total. The van der Waals surface area contributed by atoms with Gasteiger partial charge in [0.2, 0.25) is 10.0 Å². The van der Waals surface area contributed by atoms with Gasteiger partial charge >= 0.3 is 0 Å². The van der Waals surface area contributed by atoms with Gasteiger partial charge < -0.3 is 9.64 Å². The lowest BCUT2D eigenvalue weighted by Crippen LogP contribution is -2.41. The van der Waals surface area contributed by atoms with Crippen LogP contribution >= 0.6 is 0 Å². The zero-order valence-electron chi connectivity index (χ0n) is 14.9. The topological polar surface area (TPSA) is 66.9 Å². The number of carbonyl (C=O) groups excluding carboxylic acids is 1. The van der Waals surface area contributed by atoms with E-state index < -0.39 is 10.0 Å². The first-order chi connectivity index (χ1) is 11.9. The molecule has 3 rings (SSSR count). The number of sulfonamides is 1. The number of ether oxygens (including phenoxy) is 1. The van der Waals surface area contributed by atoms with Crippen LogP contribution in [-0.4, -0.2) is 62.9 Å². The lowest BCUT2D eigenvalue weighted by atomic mass is 9.99. The number of benzene rings is 1. The third-order valence-corrected chi connectivity index (χ3v) is 7.01. The van der Waals surface area contributed by atoms with Crippen LogP contribution in [0.4, 0.5) is 0 Å². The standard InChI is InChI=1S/C18H26N2O4S/c1-14-4-3-7-19(13-14)18(21)16-6-5-15(2)17(12-16)25(22,23)20-8-10-24-11-9-20/h5-6,12,14H,3-4,7-11,13H2,1-2H3. The van der Waals surface area contributed by atoms with Crippen LogP contribution in [0, 0.1) is 12.8 Å². The number of rotatable bonds is 3. The second-order valence-electron chi connectivity index (χ2n) is 7.00. The van der Waals surface area contributed by atoms with E-state index in [0.29, 0.717) is 43.3 Å². The van der Waals surface area contributed by atoms with Crippen molar-refractivity contribution in [2.75, 3.05) is 39.4 Å². The maximum absolute atomic E-state index is 13.0. The van der Waals surface area contributed by atoms with E-state index in [9.17, 15) is 13.2 Å². The molecule has 2 aliphatic heterocycles. The Bertz CT molecular complexity index is 741. The third kappa shape index (κ3) is 3.88. The Morgan fingerprint density at radius 1 is 1.20 bits per heavy atom. The highest BCUT2D eigenvalue weighted by atomic mass is 32.2. The summed E-state index contributed by atoms with van der Waals surface area (Å²) in [7, 11) is -3.61. The van der Waals surface area contributed by atoms with E-state index in [0.717, 1.165) is 25.9 Å². The van der Waals surface area contributed by atoms with Gasteiger partial charge in [0.15, 0.2) is 0 Å². The first-order valence-electron chi connectivity index (χ1n) is 8.87. The number of amides is 1. The van der Waals surface area contributed by atoms with Crippen molar-refractivity contribution >= 4 is 15.9 Å². The maximum Gasteiger partial charge on any atom is 0.253 e. The number of likely N-dealkylation sites (tertiary alicyclic amines) is 1. The van der Waals surface area contributed by atoms with Gasteiger partial charge in [-0.15, -0.1) is 0 Å². The Balaban J connectivity index is 1.88. The molecule has 0 aliphatic carbocycles. The molecule has 2 fully saturated rings. The molecule has 6 nitrogen and oxygen atoms in total. The van der Waals surface area contributed by atoms with Crippen LogP contribution < -0.4 is 0 Å².